The van der Waals surface area contributed by atoms with E-state index in [1.807, 2.05) is 28.7 Å². The molecule has 0 aromatic heterocycles. The van der Waals surface area contributed by atoms with Crippen molar-refractivity contribution in [3.05, 3.63) is 32.9 Å². The number of carbonyl (C=O) groups is 1. The Labute approximate surface area is 89.1 Å². The van der Waals surface area contributed by atoms with Crippen LogP contribution in [-0.2, 0) is 0 Å². The first-order chi connectivity index (χ1) is 6.17. The van der Waals surface area contributed by atoms with E-state index in [0.29, 0.717) is 11.1 Å². The number of ketones is 1. The van der Waals surface area contributed by atoms with Gasteiger partial charge in [-0.3, -0.25) is 4.79 Å². The maximum absolute atomic E-state index is 11.1. The highest BCUT2D eigenvalue weighted by atomic mass is 127. The van der Waals surface area contributed by atoms with E-state index in [9.17, 15) is 4.79 Å². The summed E-state index contributed by atoms with van der Waals surface area (Å²) in [5, 5.41) is 17.2. The van der Waals surface area contributed by atoms with Crippen LogP contribution in [0.4, 0.5) is 0 Å². The van der Waals surface area contributed by atoms with Crippen molar-refractivity contribution in [3.8, 4) is 6.07 Å². The number of rotatable bonds is 2. The average molecular weight is 287 g/mol. The predicted molar refractivity (Wildman–Crippen MR) is 55.3 cm³/mol. The third-order valence-electron chi connectivity index (χ3n) is 1.49. The number of halogens is 1. The molecule has 3 nitrogen and oxygen atoms in total. The van der Waals surface area contributed by atoms with Gasteiger partial charge < -0.3 is 5.11 Å². The number of nitrogens with zero attached hydrogens (tertiary/aromatic N) is 1. The largest absolute Gasteiger partial charge is 0.388 e. The number of aliphatic hydroxyl groups is 1. The maximum Gasteiger partial charge on any atom is 0.188 e. The molecular weight excluding hydrogens is 281 g/mol. The number of benzene rings is 1. The summed E-state index contributed by atoms with van der Waals surface area (Å²) in [7, 11) is 0. The molecule has 4 heteroatoms. The average Bonchev–Trinajstić information content (AvgIpc) is 2.15. The monoisotopic (exact) mass is 287 g/mol. The molecule has 13 heavy (non-hydrogen) atoms. The van der Waals surface area contributed by atoms with Crippen molar-refractivity contribution in [3.63, 3.8) is 0 Å². The molecular formula is C9H6INO2. The fourth-order valence-electron chi connectivity index (χ4n) is 0.906. The number of carbonyl (C=O) groups excluding carboxylic acids is 1. The molecule has 1 rings (SSSR count). The number of aliphatic hydroxyl groups excluding tert-OH is 1. The minimum absolute atomic E-state index is 0.366. The third-order valence-corrected chi connectivity index (χ3v) is 2.12. The highest BCUT2D eigenvalue weighted by molar-refractivity contribution is 14.1. The normalized spacial score (nSPS) is 9.31. The second-order valence-corrected chi connectivity index (χ2v) is 3.67. The molecule has 1 N–H and O–H groups in total. The summed E-state index contributed by atoms with van der Waals surface area (Å²) in [4.78, 5) is 11.1. The fraction of sp³-hybridized carbons (Fsp3) is 0.111. The van der Waals surface area contributed by atoms with E-state index in [1.165, 1.54) is 6.07 Å². The van der Waals surface area contributed by atoms with Gasteiger partial charge in [-0.25, -0.2) is 0 Å². The van der Waals surface area contributed by atoms with Crippen LogP contribution in [0.1, 0.15) is 15.9 Å². The molecule has 1 aromatic carbocycles. The third kappa shape index (κ3) is 2.50. The van der Waals surface area contributed by atoms with E-state index >= 15 is 0 Å². The number of hydrogen-bond acceptors (Lipinski definition) is 3. The van der Waals surface area contributed by atoms with Gasteiger partial charge in [-0.05, 0) is 40.8 Å². The van der Waals surface area contributed by atoms with Crippen LogP contribution in [0.2, 0.25) is 0 Å². The van der Waals surface area contributed by atoms with Crippen molar-refractivity contribution in [2.24, 2.45) is 0 Å². The van der Waals surface area contributed by atoms with Crippen molar-refractivity contribution in [2.75, 3.05) is 6.61 Å². The molecule has 0 amide bonds. The zero-order valence-corrected chi connectivity index (χ0v) is 8.78. The van der Waals surface area contributed by atoms with E-state index < -0.39 is 6.61 Å². The summed E-state index contributed by atoms with van der Waals surface area (Å²) in [5.74, 6) is -0.366. The molecule has 0 radical (unpaired) electrons. The molecule has 0 aliphatic rings. The first-order valence-electron chi connectivity index (χ1n) is 3.52. The second-order valence-electron chi connectivity index (χ2n) is 2.42. The summed E-state index contributed by atoms with van der Waals surface area (Å²) >= 11 is 2.02. The number of hydrogen-bond donors (Lipinski definition) is 1. The van der Waals surface area contributed by atoms with E-state index in [2.05, 4.69) is 0 Å². The molecule has 0 bridgehead atoms. The van der Waals surface area contributed by atoms with Gasteiger partial charge in [0.2, 0.25) is 0 Å². The maximum atomic E-state index is 11.1. The van der Waals surface area contributed by atoms with Crippen LogP contribution < -0.4 is 0 Å². The molecule has 66 valence electrons. The Morgan fingerprint density at radius 2 is 2.23 bits per heavy atom. The Bertz CT molecular complexity index is 382. The summed E-state index contributed by atoms with van der Waals surface area (Å²) < 4.78 is 0.813. The summed E-state index contributed by atoms with van der Waals surface area (Å²) in [6, 6.07) is 6.74. The summed E-state index contributed by atoms with van der Waals surface area (Å²) in [6.07, 6.45) is 0. The lowest BCUT2D eigenvalue weighted by atomic mass is 10.1. The van der Waals surface area contributed by atoms with Crippen LogP contribution in [0, 0.1) is 14.9 Å². The zero-order chi connectivity index (χ0) is 9.84. The van der Waals surface area contributed by atoms with Crippen molar-refractivity contribution >= 4 is 28.4 Å². The highest BCUT2D eigenvalue weighted by Gasteiger charge is 2.06. The van der Waals surface area contributed by atoms with Crippen molar-refractivity contribution in [1.29, 1.82) is 5.26 Å². The molecule has 0 aliphatic carbocycles. The van der Waals surface area contributed by atoms with Crippen molar-refractivity contribution in [2.45, 2.75) is 0 Å². The van der Waals surface area contributed by atoms with Gasteiger partial charge in [0, 0.05) is 9.13 Å². The summed E-state index contributed by atoms with van der Waals surface area (Å²) in [5.41, 5.74) is 0.814. The lowest BCUT2D eigenvalue weighted by Gasteiger charge is -1.99. The molecule has 0 aliphatic heterocycles. The molecule has 0 atom stereocenters. The first kappa shape index (κ1) is 10.2. The molecule has 0 heterocycles. The second kappa shape index (κ2) is 4.35. The highest BCUT2D eigenvalue weighted by Crippen LogP contribution is 2.12. The topological polar surface area (TPSA) is 61.1 Å². The number of Topliss-reactive ketones (excluding diaryl/α,β-unsaturated/α-hetero) is 1. The summed E-state index contributed by atoms with van der Waals surface area (Å²) in [6.45, 7) is -0.523. The van der Waals surface area contributed by atoms with E-state index in [-0.39, 0.29) is 5.78 Å². The quantitative estimate of drug-likeness (QED) is 0.659. The SMILES string of the molecule is N#Cc1cc(I)cc(C(=O)CO)c1. The van der Waals surface area contributed by atoms with Gasteiger partial charge in [0.25, 0.3) is 0 Å². The smallest absolute Gasteiger partial charge is 0.188 e. The lowest BCUT2D eigenvalue weighted by molar-refractivity contribution is 0.0903. The lowest BCUT2D eigenvalue weighted by Crippen LogP contribution is -2.04. The van der Waals surface area contributed by atoms with Gasteiger partial charge >= 0.3 is 0 Å². The van der Waals surface area contributed by atoms with E-state index in [4.69, 9.17) is 10.4 Å². The molecule has 0 saturated carbocycles. The van der Waals surface area contributed by atoms with Crippen LogP contribution in [0.5, 0.6) is 0 Å². The molecule has 0 spiro atoms. The van der Waals surface area contributed by atoms with Crippen LogP contribution in [0.25, 0.3) is 0 Å². The van der Waals surface area contributed by atoms with E-state index in [1.54, 1.807) is 12.1 Å². The van der Waals surface area contributed by atoms with Gasteiger partial charge in [-0.2, -0.15) is 5.26 Å². The Balaban J connectivity index is 3.17. The predicted octanol–water partition coefficient (Wildman–Crippen LogP) is 1.34. The minimum atomic E-state index is -0.523. The van der Waals surface area contributed by atoms with Gasteiger partial charge in [0.05, 0.1) is 11.6 Å². The van der Waals surface area contributed by atoms with Crippen LogP contribution in [-0.4, -0.2) is 17.5 Å². The molecule has 0 fully saturated rings. The fourth-order valence-corrected chi connectivity index (χ4v) is 1.58. The Kier molecular flexibility index (Phi) is 3.39. The van der Waals surface area contributed by atoms with Crippen LogP contribution in [0.15, 0.2) is 18.2 Å². The van der Waals surface area contributed by atoms with Crippen LogP contribution >= 0.6 is 22.6 Å². The molecule has 0 unspecified atom stereocenters. The van der Waals surface area contributed by atoms with Gasteiger partial charge in [-0.15, -0.1) is 0 Å². The van der Waals surface area contributed by atoms with E-state index in [0.717, 1.165) is 3.57 Å². The van der Waals surface area contributed by atoms with Gasteiger partial charge in [-0.1, -0.05) is 0 Å². The first-order valence-corrected chi connectivity index (χ1v) is 4.60. The van der Waals surface area contributed by atoms with Gasteiger partial charge in [0.15, 0.2) is 5.78 Å². The Morgan fingerprint density at radius 1 is 1.54 bits per heavy atom. The Morgan fingerprint density at radius 3 is 2.77 bits per heavy atom. The standard InChI is InChI=1S/C9H6INO2/c10-8-2-6(4-11)1-7(3-8)9(13)5-12/h1-3,12H,5H2. The minimum Gasteiger partial charge on any atom is -0.388 e. The zero-order valence-electron chi connectivity index (χ0n) is 6.62. The number of nitriles is 1. The van der Waals surface area contributed by atoms with Crippen LogP contribution in [0.3, 0.4) is 0 Å². The van der Waals surface area contributed by atoms with Gasteiger partial charge in [0.1, 0.15) is 6.61 Å². The van der Waals surface area contributed by atoms with Crippen molar-refractivity contribution < 1.29 is 9.90 Å². The van der Waals surface area contributed by atoms with Crippen molar-refractivity contribution in [1.82, 2.24) is 0 Å². The molecule has 0 saturated heterocycles. The Hall–Kier alpha value is -0.930. The molecule has 1 aromatic rings.